The number of anilines is 1. The normalized spacial score (nSPS) is 11.0. The number of nitro benzene ring substituents is 1. The second-order valence-corrected chi connectivity index (χ2v) is 7.58. The summed E-state index contributed by atoms with van der Waals surface area (Å²) in [5, 5.41) is 11.4. The van der Waals surface area contributed by atoms with Gasteiger partial charge in [-0.05, 0) is 24.3 Å². The van der Waals surface area contributed by atoms with E-state index in [1.54, 1.807) is 0 Å². The van der Waals surface area contributed by atoms with Crippen LogP contribution in [0.5, 0.6) is 0 Å². The van der Waals surface area contributed by atoms with Gasteiger partial charge < -0.3 is 4.74 Å². The Morgan fingerprint density at radius 1 is 1.23 bits per heavy atom. The average Bonchev–Trinajstić information content (AvgIpc) is 2.59. The van der Waals surface area contributed by atoms with Crippen molar-refractivity contribution in [3.63, 3.8) is 0 Å². The number of sulfonamides is 1. The Morgan fingerprint density at radius 2 is 1.88 bits per heavy atom. The largest absolute Gasteiger partial charge is 0.468 e. The van der Waals surface area contributed by atoms with Gasteiger partial charge in [0.2, 0.25) is 0 Å². The summed E-state index contributed by atoms with van der Waals surface area (Å²) in [6.07, 6.45) is 0. The first-order valence-corrected chi connectivity index (χ1v) is 9.16. The van der Waals surface area contributed by atoms with E-state index in [-0.39, 0.29) is 15.7 Å². The van der Waals surface area contributed by atoms with E-state index in [1.165, 1.54) is 30.3 Å². The molecule has 2 aromatic carbocycles. The number of carbonyl (C=O) groups excluding carboxylic acids is 1. The van der Waals surface area contributed by atoms with Crippen LogP contribution in [0.1, 0.15) is 0 Å². The van der Waals surface area contributed by atoms with Gasteiger partial charge in [-0.3, -0.25) is 19.2 Å². The Hall–Kier alpha value is -2.36. The summed E-state index contributed by atoms with van der Waals surface area (Å²) in [5.74, 6) is -0.877. The summed E-state index contributed by atoms with van der Waals surface area (Å²) < 4.78 is 31.3. The maximum atomic E-state index is 13.1. The average molecular weight is 419 g/mol. The highest BCUT2D eigenvalue weighted by Crippen LogP contribution is 2.34. The molecular weight excluding hydrogens is 407 g/mol. The molecule has 0 aliphatic heterocycles. The van der Waals surface area contributed by atoms with Crippen molar-refractivity contribution in [1.82, 2.24) is 0 Å². The van der Waals surface area contributed by atoms with Gasteiger partial charge in [0.15, 0.2) is 4.90 Å². The molecule has 0 atom stereocenters. The van der Waals surface area contributed by atoms with E-state index < -0.39 is 38.0 Å². The molecule has 11 heteroatoms. The van der Waals surface area contributed by atoms with Gasteiger partial charge in [0.05, 0.1) is 22.7 Å². The number of ether oxygens (including phenoxy) is 1. The smallest absolute Gasteiger partial charge is 0.326 e. The van der Waals surface area contributed by atoms with Gasteiger partial charge in [-0.1, -0.05) is 35.3 Å². The highest BCUT2D eigenvalue weighted by molar-refractivity contribution is 7.93. The lowest BCUT2D eigenvalue weighted by atomic mass is 10.3. The number of nitrogens with zero attached hydrogens (tertiary/aromatic N) is 2. The zero-order chi connectivity index (χ0) is 19.5. The molecule has 2 rings (SSSR count). The van der Waals surface area contributed by atoms with Crippen molar-refractivity contribution < 1.29 is 22.9 Å². The number of para-hydroxylation sites is 1. The van der Waals surface area contributed by atoms with Crippen molar-refractivity contribution in [3.05, 3.63) is 62.6 Å². The number of hydrogen-bond donors (Lipinski definition) is 0. The first-order valence-electron chi connectivity index (χ1n) is 6.96. The Kier molecular flexibility index (Phi) is 6.06. The van der Waals surface area contributed by atoms with Crippen LogP contribution in [0.3, 0.4) is 0 Å². The monoisotopic (exact) mass is 418 g/mol. The number of hydrogen-bond acceptors (Lipinski definition) is 6. The number of halogens is 2. The van der Waals surface area contributed by atoms with E-state index in [1.807, 2.05) is 0 Å². The van der Waals surface area contributed by atoms with Crippen molar-refractivity contribution in [2.24, 2.45) is 0 Å². The maximum Gasteiger partial charge on any atom is 0.326 e. The van der Waals surface area contributed by atoms with Crippen molar-refractivity contribution in [2.45, 2.75) is 4.90 Å². The Labute approximate surface area is 159 Å². The topological polar surface area (TPSA) is 107 Å². The lowest BCUT2D eigenvalue weighted by molar-refractivity contribution is -0.387. The van der Waals surface area contributed by atoms with Gasteiger partial charge in [0.1, 0.15) is 6.54 Å². The highest BCUT2D eigenvalue weighted by Gasteiger charge is 2.34. The zero-order valence-corrected chi connectivity index (χ0v) is 15.6. The molecule has 0 aliphatic carbocycles. The zero-order valence-electron chi connectivity index (χ0n) is 13.3. The minimum absolute atomic E-state index is 0.0523. The standard InChI is InChI=1S/C15H12Cl2N2O6S/c1-25-15(20)9-18(12-7-6-10(16)8-11(12)17)26(23,24)14-5-3-2-4-13(14)19(21)22/h2-8H,9H2,1H3. The number of methoxy groups -OCH3 is 1. The molecule has 0 amide bonds. The quantitative estimate of drug-likeness (QED) is 0.404. The van der Waals surface area contributed by atoms with Crippen LogP contribution in [-0.4, -0.2) is 33.0 Å². The van der Waals surface area contributed by atoms with Gasteiger partial charge in [0.25, 0.3) is 15.7 Å². The molecule has 0 fully saturated rings. The molecule has 8 nitrogen and oxygen atoms in total. The van der Waals surface area contributed by atoms with Gasteiger partial charge in [-0.15, -0.1) is 0 Å². The van der Waals surface area contributed by atoms with Crippen LogP contribution in [0.15, 0.2) is 47.4 Å². The van der Waals surface area contributed by atoms with Crippen molar-refractivity contribution in [1.29, 1.82) is 0 Å². The molecule has 26 heavy (non-hydrogen) atoms. The molecule has 0 N–H and O–H groups in total. The Bertz CT molecular complexity index is 964. The lowest BCUT2D eigenvalue weighted by Crippen LogP contribution is -2.36. The van der Waals surface area contributed by atoms with Gasteiger partial charge in [-0.25, -0.2) is 8.42 Å². The summed E-state index contributed by atoms with van der Waals surface area (Å²) in [4.78, 5) is 21.5. The molecule has 0 aliphatic rings. The number of esters is 1. The summed E-state index contributed by atoms with van der Waals surface area (Å²) >= 11 is 11.9. The van der Waals surface area contributed by atoms with Crippen molar-refractivity contribution >= 4 is 50.6 Å². The van der Waals surface area contributed by atoms with Crippen molar-refractivity contribution in [3.8, 4) is 0 Å². The fraction of sp³-hybridized carbons (Fsp3) is 0.133. The third-order valence-corrected chi connectivity index (χ3v) is 5.65. The lowest BCUT2D eigenvalue weighted by Gasteiger charge is -2.24. The molecule has 0 saturated carbocycles. The third-order valence-electron chi connectivity index (χ3n) is 3.31. The Balaban J connectivity index is 2.68. The number of carbonyl (C=O) groups is 1. The fourth-order valence-electron chi connectivity index (χ4n) is 2.11. The molecule has 0 unspecified atom stereocenters. The molecule has 0 aromatic heterocycles. The van der Waals surface area contributed by atoms with E-state index in [9.17, 15) is 23.3 Å². The first-order chi connectivity index (χ1) is 12.2. The van der Waals surface area contributed by atoms with Crippen molar-refractivity contribution in [2.75, 3.05) is 18.0 Å². The minimum atomic E-state index is -4.51. The predicted octanol–water partition coefficient (Wildman–Crippen LogP) is 3.27. The number of benzene rings is 2. The fourth-order valence-corrected chi connectivity index (χ4v) is 4.26. The molecule has 0 spiro atoms. The van der Waals surface area contributed by atoms with E-state index >= 15 is 0 Å². The SMILES string of the molecule is COC(=O)CN(c1ccc(Cl)cc1Cl)S(=O)(=O)c1ccccc1[N+](=O)[O-]. The van der Waals surface area contributed by atoms with Gasteiger partial charge >= 0.3 is 5.97 Å². The summed E-state index contributed by atoms with van der Waals surface area (Å²) in [6.45, 7) is -0.730. The van der Waals surface area contributed by atoms with E-state index in [4.69, 9.17) is 23.2 Å². The van der Waals surface area contributed by atoms with Crippen LogP contribution in [-0.2, 0) is 19.6 Å². The Morgan fingerprint density at radius 3 is 2.46 bits per heavy atom. The van der Waals surface area contributed by atoms with Crippen LogP contribution >= 0.6 is 23.2 Å². The summed E-state index contributed by atoms with van der Waals surface area (Å²) in [6, 6.07) is 8.74. The third kappa shape index (κ3) is 4.06. The highest BCUT2D eigenvalue weighted by atomic mass is 35.5. The van der Waals surface area contributed by atoms with Crippen LogP contribution in [0.2, 0.25) is 10.0 Å². The van der Waals surface area contributed by atoms with E-state index in [2.05, 4.69) is 4.74 Å². The molecule has 0 radical (unpaired) electrons. The van der Waals surface area contributed by atoms with Crippen LogP contribution in [0, 0.1) is 10.1 Å². The molecule has 2 aromatic rings. The molecule has 0 heterocycles. The first kappa shape index (κ1) is 20.0. The molecule has 0 saturated heterocycles. The van der Waals surface area contributed by atoms with E-state index in [0.29, 0.717) is 4.31 Å². The molecule has 0 bridgehead atoms. The molecule has 138 valence electrons. The summed E-state index contributed by atoms with van der Waals surface area (Å²) in [7, 11) is -3.42. The number of nitro groups is 1. The summed E-state index contributed by atoms with van der Waals surface area (Å²) in [5.41, 5.74) is -0.702. The van der Waals surface area contributed by atoms with Crippen LogP contribution in [0.4, 0.5) is 11.4 Å². The van der Waals surface area contributed by atoms with Crippen LogP contribution < -0.4 is 4.31 Å². The van der Waals surface area contributed by atoms with Gasteiger partial charge in [-0.2, -0.15) is 0 Å². The van der Waals surface area contributed by atoms with E-state index in [0.717, 1.165) is 19.2 Å². The minimum Gasteiger partial charge on any atom is -0.468 e. The van der Waals surface area contributed by atoms with Crippen LogP contribution in [0.25, 0.3) is 0 Å². The van der Waals surface area contributed by atoms with Gasteiger partial charge in [0, 0.05) is 11.1 Å². The molecular formula is C15H12Cl2N2O6S. The maximum absolute atomic E-state index is 13.1. The second kappa shape index (κ2) is 7.90. The second-order valence-electron chi connectivity index (χ2n) is 4.91. The number of rotatable bonds is 6. The predicted molar refractivity (Wildman–Crippen MR) is 96.1 cm³/mol.